The summed E-state index contributed by atoms with van der Waals surface area (Å²) in [6.45, 7) is 0.366. The number of hydrogen-bond donors (Lipinski definition) is 1. The van der Waals surface area contributed by atoms with Crippen LogP contribution >= 0.6 is 11.8 Å². The van der Waals surface area contributed by atoms with Crippen molar-refractivity contribution < 1.29 is 8.78 Å². The van der Waals surface area contributed by atoms with Gasteiger partial charge in [0.15, 0.2) is 0 Å². The van der Waals surface area contributed by atoms with Crippen LogP contribution in [0.25, 0.3) is 0 Å². The van der Waals surface area contributed by atoms with Crippen molar-refractivity contribution in [3.63, 3.8) is 0 Å². The van der Waals surface area contributed by atoms with E-state index in [-0.39, 0.29) is 0 Å². The first-order valence-corrected chi connectivity index (χ1v) is 7.33. The van der Waals surface area contributed by atoms with Gasteiger partial charge in [0.2, 0.25) is 0 Å². The fourth-order valence-electron chi connectivity index (χ4n) is 2.40. The van der Waals surface area contributed by atoms with Gasteiger partial charge in [0.25, 0.3) is 0 Å². The maximum atomic E-state index is 13.7. The molecule has 0 fully saturated rings. The van der Waals surface area contributed by atoms with E-state index in [2.05, 4.69) is 11.1 Å². The summed E-state index contributed by atoms with van der Waals surface area (Å²) in [5.74, 6) is -1.15. The van der Waals surface area contributed by atoms with Crippen LogP contribution in [-0.2, 0) is 19.4 Å². The van der Waals surface area contributed by atoms with Crippen LogP contribution < -0.4 is 5.73 Å². The van der Waals surface area contributed by atoms with Crippen molar-refractivity contribution in [2.24, 2.45) is 5.73 Å². The second-order valence-corrected chi connectivity index (χ2v) is 5.82. The molecule has 1 aromatic heterocycles. The van der Waals surface area contributed by atoms with E-state index in [0.717, 1.165) is 41.6 Å². The topological polar surface area (TPSA) is 38.9 Å². The SMILES string of the molecule is NCc1cc2c(nc1Sc1ccc(F)cc1F)CCC2. The van der Waals surface area contributed by atoms with Gasteiger partial charge in [0.05, 0.1) is 0 Å². The highest BCUT2D eigenvalue weighted by Crippen LogP contribution is 2.33. The van der Waals surface area contributed by atoms with E-state index in [0.29, 0.717) is 11.4 Å². The Balaban J connectivity index is 1.97. The van der Waals surface area contributed by atoms with Crippen LogP contribution in [0.1, 0.15) is 23.2 Å². The summed E-state index contributed by atoms with van der Waals surface area (Å²) in [5.41, 5.74) is 8.99. The van der Waals surface area contributed by atoms with E-state index in [1.807, 2.05) is 0 Å². The summed E-state index contributed by atoms with van der Waals surface area (Å²) in [6, 6.07) is 5.64. The Morgan fingerprint density at radius 1 is 1.20 bits per heavy atom. The summed E-state index contributed by atoms with van der Waals surface area (Å²) in [4.78, 5) is 4.97. The number of nitrogens with zero attached hydrogens (tertiary/aromatic N) is 1. The average molecular weight is 292 g/mol. The van der Waals surface area contributed by atoms with E-state index in [1.54, 1.807) is 0 Å². The van der Waals surface area contributed by atoms with Gasteiger partial charge in [-0.3, -0.25) is 0 Å². The summed E-state index contributed by atoms with van der Waals surface area (Å²) < 4.78 is 26.7. The molecule has 20 heavy (non-hydrogen) atoms. The van der Waals surface area contributed by atoms with Crippen LogP contribution in [0.2, 0.25) is 0 Å². The van der Waals surface area contributed by atoms with Crippen molar-refractivity contribution in [2.75, 3.05) is 0 Å². The highest BCUT2D eigenvalue weighted by molar-refractivity contribution is 7.99. The molecule has 0 atom stereocenters. The molecule has 104 valence electrons. The number of nitrogens with two attached hydrogens (primary N) is 1. The van der Waals surface area contributed by atoms with Crippen LogP contribution in [0.5, 0.6) is 0 Å². The van der Waals surface area contributed by atoms with Crippen molar-refractivity contribution in [1.82, 2.24) is 4.98 Å². The lowest BCUT2D eigenvalue weighted by Crippen LogP contribution is -2.03. The third-order valence-corrected chi connectivity index (χ3v) is 4.51. The van der Waals surface area contributed by atoms with Gasteiger partial charge in [0.1, 0.15) is 16.7 Å². The lowest BCUT2D eigenvalue weighted by molar-refractivity contribution is 0.565. The van der Waals surface area contributed by atoms with Crippen LogP contribution in [0.3, 0.4) is 0 Å². The smallest absolute Gasteiger partial charge is 0.140 e. The molecular formula is C15H14F2N2S. The zero-order valence-corrected chi connectivity index (χ0v) is 11.6. The minimum atomic E-state index is -0.576. The van der Waals surface area contributed by atoms with Crippen LogP contribution in [0, 0.1) is 11.6 Å². The average Bonchev–Trinajstić information content (AvgIpc) is 2.88. The molecule has 2 N–H and O–H groups in total. The Hall–Kier alpha value is -1.46. The van der Waals surface area contributed by atoms with Gasteiger partial charge in [-0.2, -0.15) is 0 Å². The molecule has 3 rings (SSSR count). The normalized spacial score (nSPS) is 13.6. The highest BCUT2D eigenvalue weighted by atomic mass is 32.2. The largest absolute Gasteiger partial charge is 0.326 e. The van der Waals surface area contributed by atoms with Gasteiger partial charge in [-0.1, -0.05) is 17.8 Å². The van der Waals surface area contributed by atoms with Crippen molar-refractivity contribution >= 4 is 11.8 Å². The molecule has 1 aliphatic rings. The number of pyridine rings is 1. The number of fused-ring (bicyclic) bond motifs is 1. The minimum Gasteiger partial charge on any atom is -0.326 e. The standard InChI is InChI=1S/C15H14F2N2S/c16-11-4-5-14(12(17)7-11)20-15-10(8-18)6-9-2-1-3-13(9)19-15/h4-7H,1-3,8,18H2. The first-order chi connectivity index (χ1) is 9.67. The molecular weight excluding hydrogens is 278 g/mol. The van der Waals surface area contributed by atoms with E-state index < -0.39 is 11.6 Å². The van der Waals surface area contributed by atoms with Gasteiger partial charge in [-0.25, -0.2) is 13.8 Å². The van der Waals surface area contributed by atoms with Crippen molar-refractivity contribution in [2.45, 2.75) is 35.7 Å². The van der Waals surface area contributed by atoms with E-state index >= 15 is 0 Å². The zero-order chi connectivity index (χ0) is 14.1. The molecule has 0 radical (unpaired) electrons. The van der Waals surface area contributed by atoms with E-state index in [4.69, 9.17) is 5.73 Å². The van der Waals surface area contributed by atoms with Crippen molar-refractivity contribution in [3.8, 4) is 0 Å². The van der Waals surface area contributed by atoms with Crippen LogP contribution in [-0.4, -0.2) is 4.98 Å². The quantitative estimate of drug-likeness (QED) is 0.941. The van der Waals surface area contributed by atoms with Gasteiger partial charge in [-0.15, -0.1) is 0 Å². The summed E-state index contributed by atoms with van der Waals surface area (Å²) in [6.07, 6.45) is 3.09. The molecule has 2 nitrogen and oxygen atoms in total. The molecule has 5 heteroatoms. The van der Waals surface area contributed by atoms with Crippen molar-refractivity contribution in [3.05, 3.63) is 52.7 Å². The van der Waals surface area contributed by atoms with Crippen LogP contribution in [0.15, 0.2) is 34.2 Å². The molecule has 0 bridgehead atoms. The number of aryl methyl sites for hydroxylation is 2. The third kappa shape index (κ3) is 2.55. The summed E-state index contributed by atoms with van der Waals surface area (Å²) in [5, 5.41) is 0.721. The summed E-state index contributed by atoms with van der Waals surface area (Å²) >= 11 is 1.21. The Morgan fingerprint density at radius 3 is 2.80 bits per heavy atom. The van der Waals surface area contributed by atoms with Crippen molar-refractivity contribution in [1.29, 1.82) is 0 Å². The molecule has 1 heterocycles. The number of rotatable bonds is 3. The number of aromatic nitrogens is 1. The number of benzene rings is 1. The number of halogens is 2. The molecule has 0 spiro atoms. The molecule has 0 aliphatic heterocycles. The second kappa shape index (κ2) is 5.50. The van der Waals surface area contributed by atoms with Crippen LogP contribution in [0.4, 0.5) is 8.78 Å². The second-order valence-electron chi connectivity index (χ2n) is 4.79. The molecule has 0 amide bonds. The zero-order valence-electron chi connectivity index (χ0n) is 10.8. The monoisotopic (exact) mass is 292 g/mol. The van der Waals surface area contributed by atoms with E-state index in [1.165, 1.54) is 29.5 Å². The van der Waals surface area contributed by atoms with Gasteiger partial charge >= 0.3 is 0 Å². The molecule has 1 aliphatic carbocycles. The lowest BCUT2D eigenvalue weighted by Gasteiger charge is -2.10. The third-order valence-electron chi connectivity index (χ3n) is 3.41. The Morgan fingerprint density at radius 2 is 2.05 bits per heavy atom. The maximum absolute atomic E-state index is 13.7. The lowest BCUT2D eigenvalue weighted by atomic mass is 10.1. The Labute approximate surface area is 120 Å². The first-order valence-electron chi connectivity index (χ1n) is 6.52. The van der Waals surface area contributed by atoms with Gasteiger partial charge in [0, 0.05) is 23.2 Å². The Bertz CT molecular complexity index is 659. The predicted molar refractivity (Wildman–Crippen MR) is 74.6 cm³/mol. The first kappa shape index (κ1) is 13.5. The minimum absolute atomic E-state index is 0.366. The molecule has 1 aromatic carbocycles. The molecule has 0 saturated heterocycles. The highest BCUT2D eigenvalue weighted by Gasteiger charge is 2.17. The van der Waals surface area contributed by atoms with Gasteiger partial charge in [-0.05, 0) is 42.5 Å². The Kier molecular flexibility index (Phi) is 3.72. The predicted octanol–water partition coefficient (Wildman–Crippen LogP) is 3.46. The fourth-order valence-corrected chi connectivity index (χ4v) is 3.33. The summed E-state index contributed by atoms with van der Waals surface area (Å²) in [7, 11) is 0. The molecule has 0 unspecified atom stereocenters. The number of hydrogen-bond acceptors (Lipinski definition) is 3. The molecule has 2 aromatic rings. The molecule has 0 saturated carbocycles. The maximum Gasteiger partial charge on any atom is 0.140 e. The van der Waals surface area contributed by atoms with Gasteiger partial charge < -0.3 is 5.73 Å². The fraction of sp³-hybridized carbons (Fsp3) is 0.267. The van der Waals surface area contributed by atoms with E-state index in [9.17, 15) is 8.78 Å².